The summed E-state index contributed by atoms with van der Waals surface area (Å²) >= 11 is 3.22. The number of rotatable bonds is 5. The Morgan fingerprint density at radius 3 is 2.86 bits per heavy atom. The van der Waals surface area contributed by atoms with Crippen LogP contribution in [0.1, 0.15) is 12.8 Å². The summed E-state index contributed by atoms with van der Waals surface area (Å²) in [6, 6.07) is 1.64. The first-order chi connectivity index (χ1) is 6.72. The predicted molar refractivity (Wildman–Crippen MR) is 59.0 cm³/mol. The van der Waals surface area contributed by atoms with Crippen molar-refractivity contribution >= 4 is 27.7 Å². The maximum absolute atomic E-state index is 8.57. The van der Waals surface area contributed by atoms with E-state index >= 15 is 0 Å². The number of unbranched alkanes of at least 4 members (excludes halogenated alkanes) is 1. The van der Waals surface area contributed by atoms with E-state index in [9.17, 15) is 0 Å². The summed E-state index contributed by atoms with van der Waals surface area (Å²) in [5.74, 6) is 0.936. The number of hydrogen-bond acceptors (Lipinski definition) is 5. The van der Waals surface area contributed by atoms with Crippen LogP contribution in [0.15, 0.2) is 10.7 Å². The van der Waals surface area contributed by atoms with Crippen molar-refractivity contribution in [3.8, 4) is 0 Å². The fourth-order valence-electron chi connectivity index (χ4n) is 0.951. The highest BCUT2D eigenvalue weighted by atomic mass is 79.9. The number of aliphatic hydroxyl groups excluding tert-OH is 1. The van der Waals surface area contributed by atoms with Gasteiger partial charge in [0.15, 0.2) is 0 Å². The molecule has 0 spiro atoms. The van der Waals surface area contributed by atoms with E-state index in [2.05, 4.69) is 31.2 Å². The van der Waals surface area contributed by atoms with Gasteiger partial charge in [0.05, 0.1) is 0 Å². The first-order valence-electron chi connectivity index (χ1n) is 4.37. The summed E-state index contributed by atoms with van der Waals surface area (Å²) in [7, 11) is 0. The molecule has 1 heterocycles. The van der Waals surface area contributed by atoms with Crippen LogP contribution < -0.4 is 11.1 Å². The Morgan fingerprint density at radius 2 is 2.21 bits per heavy atom. The lowest BCUT2D eigenvalue weighted by Gasteiger charge is -2.04. The average Bonchev–Trinajstić information content (AvgIpc) is 2.11. The Morgan fingerprint density at radius 1 is 1.43 bits per heavy atom. The molecule has 0 amide bonds. The van der Waals surface area contributed by atoms with E-state index < -0.39 is 0 Å². The van der Waals surface area contributed by atoms with Crippen LogP contribution in [0.3, 0.4) is 0 Å². The molecule has 1 aromatic rings. The number of hydrogen-bond donors (Lipinski definition) is 3. The summed E-state index contributed by atoms with van der Waals surface area (Å²) < 4.78 is 0.662. The Balaban J connectivity index is 2.42. The smallest absolute Gasteiger partial charge is 0.225 e. The molecule has 6 heteroatoms. The van der Waals surface area contributed by atoms with Gasteiger partial charge in [-0.1, -0.05) is 0 Å². The number of nitrogens with zero attached hydrogens (tertiary/aromatic N) is 2. The standard InChI is InChI=1S/C8H13BrN4O/c9-6-5-7(10)13-8(12-6)11-3-1-2-4-14/h5,14H,1-4H2,(H3,10,11,12,13). The second-order valence-electron chi connectivity index (χ2n) is 2.80. The van der Waals surface area contributed by atoms with Gasteiger partial charge in [-0.05, 0) is 28.8 Å². The molecule has 1 rings (SSSR count). The number of aliphatic hydroxyl groups is 1. The van der Waals surface area contributed by atoms with Crippen molar-refractivity contribution in [1.82, 2.24) is 9.97 Å². The molecule has 4 N–H and O–H groups in total. The molecule has 1 aromatic heterocycles. The second kappa shape index (κ2) is 5.77. The number of anilines is 2. The maximum atomic E-state index is 8.57. The molecule has 5 nitrogen and oxygen atoms in total. The normalized spacial score (nSPS) is 10.1. The topological polar surface area (TPSA) is 84.1 Å². The molecule has 0 aromatic carbocycles. The molecule has 0 unspecified atom stereocenters. The molecular weight excluding hydrogens is 248 g/mol. The van der Waals surface area contributed by atoms with Gasteiger partial charge in [-0.3, -0.25) is 0 Å². The van der Waals surface area contributed by atoms with Gasteiger partial charge in [0.1, 0.15) is 10.4 Å². The zero-order valence-electron chi connectivity index (χ0n) is 7.70. The summed E-state index contributed by atoms with van der Waals surface area (Å²) in [4.78, 5) is 8.08. The van der Waals surface area contributed by atoms with Crippen molar-refractivity contribution in [2.75, 3.05) is 24.2 Å². The van der Waals surface area contributed by atoms with E-state index in [0.717, 1.165) is 19.4 Å². The van der Waals surface area contributed by atoms with Crippen molar-refractivity contribution in [3.63, 3.8) is 0 Å². The highest BCUT2D eigenvalue weighted by molar-refractivity contribution is 9.10. The summed E-state index contributed by atoms with van der Waals surface area (Å²) in [5.41, 5.74) is 5.53. The average molecular weight is 261 g/mol. The zero-order valence-corrected chi connectivity index (χ0v) is 9.29. The van der Waals surface area contributed by atoms with Crippen molar-refractivity contribution in [2.24, 2.45) is 0 Å². The predicted octanol–water partition coefficient (Wildman–Crippen LogP) is 1.01. The van der Waals surface area contributed by atoms with Crippen molar-refractivity contribution in [1.29, 1.82) is 0 Å². The third kappa shape index (κ3) is 3.89. The second-order valence-corrected chi connectivity index (χ2v) is 3.61. The van der Waals surface area contributed by atoms with E-state index in [1.54, 1.807) is 6.07 Å². The first-order valence-corrected chi connectivity index (χ1v) is 5.16. The van der Waals surface area contributed by atoms with Crippen LogP contribution in [0.5, 0.6) is 0 Å². The summed E-state index contributed by atoms with van der Waals surface area (Å²) in [6.07, 6.45) is 1.66. The lowest BCUT2D eigenvalue weighted by Crippen LogP contribution is -2.07. The third-order valence-electron chi connectivity index (χ3n) is 1.58. The van der Waals surface area contributed by atoms with Gasteiger partial charge >= 0.3 is 0 Å². The molecule has 0 atom stereocenters. The van der Waals surface area contributed by atoms with E-state index in [1.165, 1.54) is 0 Å². The molecule has 0 saturated heterocycles. The molecule has 0 bridgehead atoms. The van der Waals surface area contributed by atoms with E-state index in [1.807, 2.05) is 0 Å². The van der Waals surface area contributed by atoms with Gasteiger partial charge in [-0.15, -0.1) is 0 Å². The number of nitrogens with one attached hydrogen (secondary N) is 1. The summed E-state index contributed by atoms with van der Waals surface area (Å²) in [5, 5.41) is 11.6. The van der Waals surface area contributed by atoms with Gasteiger partial charge < -0.3 is 16.2 Å². The Kier molecular flexibility index (Phi) is 4.61. The van der Waals surface area contributed by atoms with Gasteiger partial charge in [0.2, 0.25) is 5.95 Å². The van der Waals surface area contributed by atoms with Crippen LogP contribution in [0.25, 0.3) is 0 Å². The van der Waals surface area contributed by atoms with Crippen molar-refractivity contribution < 1.29 is 5.11 Å². The molecule has 0 aliphatic rings. The van der Waals surface area contributed by atoms with E-state index in [-0.39, 0.29) is 6.61 Å². The van der Waals surface area contributed by atoms with Crippen LogP contribution in [0.4, 0.5) is 11.8 Å². The van der Waals surface area contributed by atoms with E-state index in [0.29, 0.717) is 16.4 Å². The lowest BCUT2D eigenvalue weighted by molar-refractivity contribution is 0.286. The van der Waals surface area contributed by atoms with Crippen LogP contribution >= 0.6 is 15.9 Å². The lowest BCUT2D eigenvalue weighted by atomic mass is 10.3. The SMILES string of the molecule is Nc1cc(Br)nc(NCCCCO)n1. The summed E-state index contributed by atoms with van der Waals surface area (Å²) in [6.45, 7) is 0.944. The van der Waals surface area contributed by atoms with Gasteiger partial charge in [0, 0.05) is 19.2 Å². The fourth-order valence-corrected chi connectivity index (χ4v) is 1.35. The number of nitrogens with two attached hydrogens (primary N) is 1. The molecular formula is C8H13BrN4O. The van der Waals surface area contributed by atoms with Gasteiger partial charge in [0.25, 0.3) is 0 Å². The minimum Gasteiger partial charge on any atom is -0.396 e. The minimum atomic E-state index is 0.211. The molecule has 0 radical (unpaired) electrons. The molecule has 0 aliphatic carbocycles. The minimum absolute atomic E-state index is 0.211. The van der Waals surface area contributed by atoms with E-state index in [4.69, 9.17) is 10.8 Å². The quantitative estimate of drug-likeness (QED) is 0.544. The van der Waals surface area contributed by atoms with Crippen LogP contribution in [0.2, 0.25) is 0 Å². The molecule has 0 fully saturated rings. The largest absolute Gasteiger partial charge is 0.396 e. The third-order valence-corrected chi connectivity index (χ3v) is 1.99. The molecule has 0 saturated carbocycles. The number of aromatic nitrogens is 2. The monoisotopic (exact) mass is 260 g/mol. The number of halogens is 1. The highest BCUT2D eigenvalue weighted by Gasteiger charge is 1.98. The molecule has 78 valence electrons. The number of nitrogen functional groups attached to an aromatic ring is 1. The van der Waals surface area contributed by atoms with Crippen molar-refractivity contribution in [3.05, 3.63) is 10.7 Å². The Hall–Kier alpha value is -0.880. The Bertz CT molecular complexity index is 274. The highest BCUT2D eigenvalue weighted by Crippen LogP contribution is 2.12. The zero-order chi connectivity index (χ0) is 10.4. The molecule has 0 aliphatic heterocycles. The first kappa shape index (κ1) is 11.2. The van der Waals surface area contributed by atoms with Crippen molar-refractivity contribution in [2.45, 2.75) is 12.8 Å². The van der Waals surface area contributed by atoms with Crippen LogP contribution in [-0.2, 0) is 0 Å². The molecule has 14 heavy (non-hydrogen) atoms. The van der Waals surface area contributed by atoms with Crippen LogP contribution in [0, 0.1) is 0 Å². The van der Waals surface area contributed by atoms with Gasteiger partial charge in [-0.25, -0.2) is 4.98 Å². The fraction of sp³-hybridized carbons (Fsp3) is 0.500. The van der Waals surface area contributed by atoms with Crippen LogP contribution in [-0.4, -0.2) is 28.2 Å². The Labute approximate surface area is 90.9 Å². The maximum Gasteiger partial charge on any atom is 0.225 e. The van der Waals surface area contributed by atoms with Gasteiger partial charge in [-0.2, -0.15) is 4.98 Å².